The lowest BCUT2D eigenvalue weighted by molar-refractivity contribution is 0.283. The van der Waals surface area contributed by atoms with Crippen LogP contribution in [-0.4, -0.2) is 9.79 Å². The van der Waals surface area contributed by atoms with E-state index in [9.17, 15) is 4.57 Å². The summed E-state index contributed by atoms with van der Waals surface area (Å²) in [7, 11) is -4.46. The average Bonchev–Trinajstić information content (AvgIpc) is 1.94. The highest BCUT2D eigenvalue weighted by atomic mass is 79.9. The first-order valence-electron chi connectivity index (χ1n) is 3.09. The van der Waals surface area contributed by atoms with Crippen molar-refractivity contribution in [2.45, 2.75) is 0 Å². The average molecular weight is 332 g/mol. The van der Waals surface area contributed by atoms with Gasteiger partial charge in [0.15, 0.2) is 0 Å². The fourth-order valence-corrected chi connectivity index (χ4v) is 1.66. The van der Waals surface area contributed by atoms with Gasteiger partial charge in [0.25, 0.3) is 0 Å². The van der Waals surface area contributed by atoms with Crippen LogP contribution in [0.25, 0.3) is 0 Å². The van der Waals surface area contributed by atoms with Gasteiger partial charge in [0, 0.05) is 8.95 Å². The van der Waals surface area contributed by atoms with E-state index in [1.54, 1.807) is 6.07 Å². The molecule has 0 spiro atoms. The lowest BCUT2D eigenvalue weighted by atomic mass is 10.3. The van der Waals surface area contributed by atoms with Crippen LogP contribution >= 0.6 is 39.7 Å². The number of phosphoric acid groups is 1. The summed E-state index contributed by atoms with van der Waals surface area (Å²) in [6, 6.07) is 4.53. The fourth-order valence-electron chi connectivity index (χ4n) is 0.671. The molecular formula is C6H5Br2O4P. The molecule has 0 saturated carbocycles. The Labute approximate surface area is 91.4 Å². The van der Waals surface area contributed by atoms with Gasteiger partial charge >= 0.3 is 7.82 Å². The van der Waals surface area contributed by atoms with Crippen molar-refractivity contribution < 1.29 is 18.9 Å². The fraction of sp³-hybridized carbons (Fsp3) is 0. The Morgan fingerprint density at radius 2 is 1.85 bits per heavy atom. The van der Waals surface area contributed by atoms with Crippen molar-refractivity contribution in [3.05, 3.63) is 27.1 Å². The zero-order valence-electron chi connectivity index (χ0n) is 6.15. The summed E-state index contributed by atoms with van der Waals surface area (Å²) in [4.78, 5) is 17.0. The highest BCUT2D eigenvalue weighted by Gasteiger charge is 2.15. The number of rotatable bonds is 2. The van der Waals surface area contributed by atoms with Gasteiger partial charge in [-0.2, -0.15) is 0 Å². The van der Waals surface area contributed by atoms with Gasteiger partial charge in [0.05, 0.1) is 0 Å². The Morgan fingerprint density at radius 3 is 2.31 bits per heavy atom. The van der Waals surface area contributed by atoms with Crippen LogP contribution in [0.4, 0.5) is 0 Å². The van der Waals surface area contributed by atoms with Gasteiger partial charge in [-0.25, -0.2) is 4.57 Å². The number of phosphoric ester groups is 1. The van der Waals surface area contributed by atoms with Crippen LogP contribution in [0.3, 0.4) is 0 Å². The molecule has 0 aliphatic carbocycles. The molecule has 0 aliphatic rings. The second-order valence-electron chi connectivity index (χ2n) is 2.16. The van der Waals surface area contributed by atoms with Crippen molar-refractivity contribution in [3.63, 3.8) is 0 Å². The lowest BCUT2D eigenvalue weighted by Crippen LogP contribution is -1.89. The van der Waals surface area contributed by atoms with Gasteiger partial charge in [-0.15, -0.1) is 0 Å². The molecule has 0 aliphatic heterocycles. The van der Waals surface area contributed by atoms with Gasteiger partial charge in [-0.05, 0) is 50.1 Å². The molecule has 0 heterocycles. The first kappa shape index (κ1) is 11.2. The van der Waals surface area contributed by atoms with Crippen molar-refractivity contribution in [3.8, 4) is 5.75 Å². The lowest BCUT2D eigenvalue weighted by Gasteiger charge is -2.06. The molecule has 0 bridgehead atoms. The minimum Gasteiger partial charge on any atom is -0.404 e. The van der Waals surface area contributed by atoms with Gasteiger partial charge in [0.1, 0.15) is 5.75 Å². The smallest absolute Gasteiger partial charge is 0.404 e. The molecule has 4 nitrogen and oxygen atoms in total. The van der Waals surface area contributed by atoms with Crippen LogP contribution < -0.4 is 4.52 Å². The molecular weight excluding hydrogens is 327 g/mol. The van der Waals surface area contributed by atoms with Crippen molar-refractivity contribution in [2.24, 2.45) is 0 Å². The molecule has 13 heavy (non-hydrogen) atoms. The Hall–Kier alpha value is 0.130. The predicted molar refractivity (Wildman–Crippen MR) is 54.5 cm³/mol. The molecule has 7 heteroatoms. The van der Waals surface area contributed by atoms with Crippen LogP contribution in [0.15, 0.2) is 27.1 Å². The Balaban J connectivity index is 2.92. The van der Waals surface area contributed by atoms with Crippen LogP contribution in [0, 0.1) is 0 Å². The maximum atomic E-state index is 10.4. The number of halogens is 2. The normalized spacial score (nSPS) is 11.4. The molecule has 1 aromatic rings. The van der Waals surface area contributed by atoms with E-state index >= 15 is 0 Å². The molecule has 0 saturated heterocycles. The number of benzene rings is 1. The van der Waals surface area contributed by atoms with Crippen molar-refractivity contribution in [2.75, 3.05) is 0 Å². The minimum atomic E-state index is -4.46. The monoisotopic (exact) mass is 330 g/mol. The van der Waals surface area contributed by atoms with Gasteiger partial charge in [-0.1, -0.05) is 0 Å². The molecule has 1 aromatic carbocycles. The van der Waals surface area contributed by atoms with E-state index in [4.69, 9.17) is 9.79 Å². The van der Waals surface area contributed by atoms with Crippen LogP contribution in [0.5, 0.6) is 5.75 Å². The third-order valence-electron chi connectivity index (χ3n) is 1.12. The van der Waals surface area contributed by atoms with Crippen LogP contribution in [0.1, 0.15) is 0 Å². The molecule has 72 valence electrons. The molecule has 1 rings (SSSR count). The predicted octanol–water partition coefficient (Wildman–Crippen LogP) is 2.68. The summed E-state index contributed by atoms with van der Waals surface area (Å²) in [6.07, 6.45) is 0. The standard InChI is InChI=1S/C6H5Br2O4P/c7-5-2-1-4(3-6(5)8)12-13(9,10)11/h1-3H,(H2,9,10,11). The minimum absolute atomic E-state index is 0.114. The first-order chi connectivity index (χ1) is 5.88. The Kier molecular flexibility index (Phi) is 3.54. The molecule has 0 radical (unpaired) electrons. The molecule has 0 aromatic heterocycles. The van der Waals surface area contributed by atoms with E-state index in [0.29, 0.717) is 4.47 Å². The topological polar surface area (TPSA) is 66.8 Å². The first-order valence-corrected chi connectivity index (χ1v) is 6.20. The van der Waals surface area contributed by atoms with E-state index in [1.807, 2.05) is 0 Å². The maximum Gasteiger partial charge on any atom is 0.524 e. The second-order valence-corrected chi connectivity index (χ2v) is 5.03. The Bertz CT molecular complexity index is 362. The molecule has 0 amide bonds. The van der Waals surface area contributed by atoms with Crippen LogP contribution in [-0.2, 0) is 4.57 Å². The molecule has 2 N–H and O–H groups in total. The molecule has 0 fully saturated rings. The highest BCUT2D eigenvalue weighted by molar-refractivity contribution is 9.13. The van der Waals surface area contributed by atoms with Crippen molar-refractivity contribution >= 4 is 39.7 Å². The summed E-state index contributed by atoms with van der Waals surface area (Å²) in [5.41, 5.74) is 0. The van der Waals surface area contributed by atoms with Crippen molar-refractivity contribution in [1.29, 1.82) is 0 Å². The second kappa shape index (κ2) is 4.11. The van der Waals surface area contributed by atoms with E-state index in [1.165, 1.54) is 12.1 Å². The SMILES string of the molecule is O=P(O)(O)Oc1ccc(Br)c(Br)c1. The summed E-state index contributed by atoms with van der Waals surface area (Å²) in [5, 5.41) is 0. The van der Waals surface area contributed by atoms with E-state index in [0.717, 1.165) is 4.47 Å². The summed E-state index contributed by atoms with van der Waals surface area (Å²) in [5.74, 6) is 0.114. The highest BCUT2D eigenvalue weighted by Crippen LogP contribution is 2.39. The molecule has 0 atom stereocenters. The van der Waals surface area contributed by atoms with Crippen molar-refractivity contribution in [1.82, 2.24) is 0 Å². The van der Waals surface area contributed by atoms with Crippen LogP contribution in [0.2, 0.25) is 0 Å². The quantitative estimate of drug-likeness (QED) is 0.818. The zero-order valence-corrected chi connectivity index (χ0v) is 10.2. The Morgan fingerprint density at radius 1 is 1.23 bits per heavy atom. The molecule has 0 unspecified atom stereocenters. The number of hydrogen-bond acceptors (Lipinski definition) is 2. The maximum absolute atomic E-state index is 10.4. The summed E-state index contributed by atoms with van der Waals surface area (Å²) < 4.78 is 16.2. The van der Waals surface area contributed by atoms with E-state index < -0.39 is 7.82 Å². The third kappa shape index (κ3) is 3.79. The van der Waals surface area contributed by atoms with Gasteiger partial charge < -0.3 is 4.52 Å². The third-order valence-corrected chi connectivity index (χ3v) is 3.44. The van der Waals surface area contributed by atoms with E-state index in [2.05, 4.69) is 36.4 Å². The number of hydrogen-bond donors (Lipinski definition) is 2. The van der Waals surface area contributed by atoms with Gasteiger partial charge in [0.2, 0.25) is 0 Å². The largest absolute Gasteiger partial charge is 0.524 e. The van der Waals surface area contributed by atoms with E-state index in [-0.39, 0.29) is 5.75 Å². The zero-order chi connectivity index (χ0) is 10.1. The summed E-state index contributed by atoms with van der Waals surface area (Å²) in [6.45, 7) is 0. The van der Waals surface area contributed by atoms with Gasteiger partial charge in [-0.3, -0.25) is 9.79 Å². The summed E-state index contributed by atoms with van der Waals surface area (Å²) >= 11 is 6.39.